The van der Waals surface area contributed by atoms with Gasteiger partial charge in [0.2, 0.25) is 5.91 Å². The largest absolute Gasteiger partial charge is 0.366 e. The minimum absolute atomic E-state index is 0.270. The minimum Gasteiger partial charge on any atom is -0.366 e. The molecule has 0 atom stereocenters. The number of carbonyl (C=O) groups excluding carboxylic acids is 1. The summed E-state index contributed by atoms with van der Waals surface area (Å²) >= 11 is 0. The Morgan fingerprint density at radius 1 is 1.06 bits per heavy atom. The monoisotopic (exact) mass is 241 g/mol. The van der Waals surface area contributed by atoms with Crippen molar-refractivity contribution in [3.63, 3.8) is 0 Å². The maximum atomic E-state index is 11.2. The van der Waals surface area contributed by atoms with Crippen LogP contribution >= 0.6 is 0 Å². The van der Waals surface area contributed by atoms with Crippen LogP contribution in [0, 0.1) is 0 Å². The Hall–Kier alpha value is -0.870. The summed E-state index contributed by atoms with van der Waals surface area (Å²) in [5.41, 5.74) is 6.15. The van der Waals surface area contributed by atoms with Gasteiger partial charge in [-0.3, -0.25) is 4.79 Å². The predicted octanol–water partition coefficient (Wildman–Crippen LogP) is 1.08. The second kappa shape index (κ2) is 9.19. The molecule has 2 N–H and O–H groups in total. The van der Waals surface area contributed by atoms with Gasteiger partial charge in [0.1, 0.15) is 0 Å². The number of hydrogen-bond donors (Lipinski definition) is 1. The Balaban J connectivity index is 3.96. The van der Waals surface area contributed by atoms with Crippen LogP contribution in [0.1, 0.15) is 25.7 Å². The van der Waals surface area contributed by atoms with Crippen LogP contribution in [0.15, 0.2) is 11.6 Å². The zero-order valence-corrected chi connectivity index (χ0v) is 11.7. The van der Waals surface area contributed by atoms with E-state index in [0.29, 0.717) is 0 Å². The van der Waals surface area contributed by atoms with Crippen molar-refractivity contribution in [1.29, 1.82) is 0 Å². The minimum atomic E-state index is -0.270. The van der Waals surface area contributed by atoms with E-state index in [9.17, 15) is 4.79 Å². The lowest BCUT2D eigenvalue weighted by Gasteiger charge is -2.10. The first-order valence-electron chi connectivity index (χ1n) is 6.21. The van der Waals surface area contributed by atoms with Crippen molar-refractivity contribution in [3.05, 3.63) is 11.6 Å². The molecule has 4 heteroatoms. The summed E-state index contributed by atoms with van der Waals surface area (Å²) in [6.45, 7) is 2.03. The molecule has 0 fully saturated rings. The van der Waals surface area contributed by atoms with Gasteiger partial charge in [0.05, 0.1) is 0 Å². The maximum absolute atomic E-state index is 11.2. The van der Waals surface area contributed by atoms with Crippen molar-refractivity contribution in [2.24, 2.45) is 5.73 Å². The lowest BCUT2D eigenvalue weighted by atomic mass is 10.1. The molecular weight excluding hydrogens is 214 g/mol. The van der Waals surface area contributed by atoms with Crippen molar-refractivity contribution in [2.45, 2.75) is 25.7 Å². The van der Waals surface area contributed by atoms with Crippen molar-refractivity contribution in [3.8, 4) is 0 Å². The number of allylic oxidation sites excluding steroid dienone is 1. The van der Waals surface area contributed by atoms with E-state index < -0.39 is 0 Å². The maximum Gasteiger partial charge on any atom is 0.244 e. The molecule has 100 valence electrons. The number of nitrogens with zero attached hydrogens (tertiary/aromatic N) is 2. The van der Waals surface area contributed by atoms with Gasteiger partial charge in [-0.2, -0.15) is 0 Å². The normalized spacial score (nSPS) is 12.5. The third kappa shape index (κ3) is 10.0. The van der Waals surface area contributed by atoms with Crippen LogP contribution in [-0.4, -0.2) is 57.0 Å². The molecule has 0 aromatic heterocycles. The number of nitrogens with two attached hydrogens (primary N) is 1. The van der Waals surface area contributed by atoms with Crippen LogP contribution in [0.3, 0.4) is 0 Å². The summed E-state index contributed by atoms with van der Waals surface area (Å²) in [6.07, 6.45) is 5.77. The molecule has 0 saturated carbocycles. The molecule has 0 aromatic rings. The molecule has 0 aliphatic heterocycles. The first-order chi connectivity index (χ1) is 7.93. The van der Waals surface area contributed by atoms with Gasteiger partial charge < -0.3 is 15.5 Å². The lowest BCUT2D eigenvalue weighted by molar-refractivity contribution is -0.114. The highest BCUT2D eigenvalue weighted by Crippen LogP contribution is 2.07. The van der Waals surface area contributed by atoms with E-state index in [2.05, 4.69) is 23.9 Å². The number of rotatable bonds is 9. The van der Waals surface area contributed by atoms with Gasteiger partial charge in [-0.1, -0.05) is 6.08 Å². The van der Waals surface area contributed by atoms with Gasteiger partial charge in [0.15, 0.2) is 0 Å². The second-order valence-electron chi connectivity index (χ2n) is 4.95. The Morgan fingerprint density at radius 3 is 2.06 bits per heavy atom. The Kier molecular flexibility index (Phi) is 8.72. The van der Waals surface area contributed by atoms with Crippen LogP contribution in [0.2, 0.25) is 0 Å². The summed E-state index contributed by atoms with van der Waals surface area (Å²) in [5.74, 6) is -0.270. The van der Waals surface area contributed by atoms with Crippen LogP contribution in [0.25, 0.3) is 0 Å². The highest BCUT2D eigenvalue weighted by Gasteiger charge is 2.04. The van der Waals surface area contributed by atoms with Crippen LogP contribution < -0.4 is 5.73 Å². The predicted molar refractivity (Wildman–Crippen MR) is 72.9 cm³/mol. The number of amides is 1. The molecule has 0 aromatic carbocycles. The van der Waals surface area contributed by atoms with Crippen LogP contribution in [0.4, 0.5) is 0 Å². The lowest BCUT2D eigenvalue weighted by Crippen LogP contribution is -2.17. The zero-order chi connectivity index (χ0) is 13.3. The number of primary amides is 1. The molecule has 0 aliphatic carbocycles. The third-order valence-electron chi connectivity index (χ3n) is 2.57. The van der Waals surface area contributed by atoms with Crippen molar-refractivity contribution < 1.29 is 4.79 Å². The van der Waals surface area contributed by atoms with Crippen LogP contribution in [0.5, 0.6) is 0 Å². The average molecular weight is 241 g/mol. The first-order valence-corrected chi connectivity index (χ1v) is 6.21. The van der Waals surface area contributed by atoms with Crippen molar-refractivity contribution in [2.75, 3.05) is 41.3 Å². The molecule has 0 spiro atoms. The van der Waals surface area contributed by atoms with E-state index in [0.717, 1.165) is 44.3 Å². The fraction of sp³-hybridized carbons (Fsp3) is 0.769. The molecule has 0 heterocycles. The van der Waals surface area contributed by atoms with Crippen molar-refractivity contribution in [1.82, 2.24) is 9.80 Å². The second-order valence-corrected chi connectivity index (χ2v) is 4.95. The summed E-state index contributed by atoms with van der Waals surface area (Å²) in [6, 6.07) is 0. The van der Waals surface area contributed by atoms with E-state index in [1.54, 1.807) is 0 Å². The highest BCUT2D eigenvalue weighted by atomic mass is 16.1. The van der Waals surface area contributed by atoms with E-state index >= 15 is 0 Å². The molecule has 1 amide bonds. The highest BCUT2D eigenvalue weighted by molar-refractivity contribution is 5.91. The topological polar surface area (TPSA) is 49.6 Å². The Labute approximate surface area is 105 Å². The summed E-state index contributed by atoms with van der Waals surface area (Å²) in [5, 5.41) is 0. The standard InChI is InChI=1S/C13H27N3O/c1-15(2)10-6-5-8-12(13(14)17)9-7-11-16(3)4/h8H,5-7,9-11H2,1-4H3,(H2,14,17). The van der Waals surface area contributed by atoms with Gasteiger partial charge in [0.25, 0.3) is 0 Å². The summed E-state index contributed by atoms with van der Waals surface area (Å²) in [7, 11) is 8.17. The number of unbranched alkanes of at least 4 members (excludes halogenated alkanes) is 1. The zero-order valence-electron chi connectivity index (χ0n) is 11.7. The van der Waals surface area contributed by atoms with E-state index in [1.807, 2.05) is 20.2 Å². The number of carbonyl (C=O) groups is 1. The van der Waals surface area contributed by atoms with Crippen LogP contribution in [-0.2, 0) is 4.79 Å². The average Bonchev–Trinajstić information content (AvgIpc) is 2.20. The van der Waals surface area contributed by atoms with Crippen molar-refractivity contribution >= 4 is 5.91 Å². The van der Waals surface area contributed by atoms with Gasteiger partial charge in [-0.15, -0.1) is 0 Å². The fourth-order valence-corrected chi connectivity index (χ4v) is 1.60. The molecule has 0 radical (unpaired) electrons. The van der Waals surface area contributed by atoms with Gasteiger partial charge in [-0.05, 0) is 67.0 Å². The molecule has 0 bridgehead atoms. The molecule has 0 rings (SSSR count). The van der Waals surface area contributed by atoms with Gasteiger partial charge in [-0.25, -0.2) is 0 Å². The molecule has 0 aliphatic rings. The first kappa shape index (κ1) is 16.1. The van der Waals surface area contributed by atoms with E-state index in [-0.39, 0.29) is 5.91 Å². The summed E-state index contributed by atoms with van der Waals surface area (Å²) in [4.78, 5) is 15.5. The summed E-state index contributed by atoms with van der Waals surface area (Å²) < 4.78 is 0. The van der Waals surface area contributed by atoms with Gasteiger partial charge >= 0.3 is 0 Å². The van der Waals surface area contributed by atoms with E-state index in [4.69, 9.17) is 5.73 Å². The molecule has 0 saturated heterocycles. The quantitative estimate of drug-likeness (QED) is 0.485. The fourth-order valence-electron chi connectivity index (χ4n) is 1.60. The Bertz CT molecular complexity index is 247. The third-order valence-corrected chi connectivity index (χ3v) is 2.57. The molecule has 4 nitrogen and oxygen atoms in total. The SMILES string of the molecule is CN(C)CCCC=C(CCCN(C)C)C(N)=O. The molecule has 17 heavy (non-hydrogen) atoms. The smallest absolute Gasteiger partial charge is 0.244 e. The molecule has 0 unspecified atom stereocenters. The van der Waals surface area contributed by atoms with E-state index in [1.165, 1.54) is 0 Å². The van der Waals surface area contributed by atoms with Gasteiger partial charge in [0, 0.05) is 5.57 Å². The number of hydrogen-bond acceptors (Lipinski definition) is 3. The molecular formula is C13H27N3O. The Morgan fingerprint density at radius 2 is 1.59 bits per heavy atom.